The Hall–Kier alpha value is -2.66. The van der Waals surface area contributed by atoms with Crippen LogP contribution in [0.2, 0.25) is 0 Å². The van der Waals surface area contributed by atoms with E-state index in [0.717, 1.165) is 37.4 Å². The lowest BCUT2D eigenvalue weighted by atomic mass is 10.2. The summed E-state index contributed by atoms with van der Waals surface area (Å²) < 4.78 is 6.71. The average molecular weight is 322 g/mol. The number of carbonyl (C=O) groups is 1. The van der Waals surface area contributed by atoms with Crippen LogP contribution in [0.1, 0.15) is 21.1 Å². The van der Waals surface area contributed by atoms with Crippen LogP contribution in [-0.4, -0.2) is 10.9 Å². The van der Waals surface area contributed by atoms with Crippen LogP contribution >= 0.6 is 11.3 Å². The molecule has 1 N–H and O–H groups in total. The van der Waals surface area contributed by atoms with Gasteiger partial charge < -0.3 is 9.73 Å². The summed E-state index contributed by atoms with van der Waals surface area (Å²) in [6.07, 6.45) is 0. The maximum atomic E-state index is 12.4. The highest BCUT2D eigenvalue weighted by atomic mass is 32.1. The number of carbonyl (C=O) groups excluding carboxylic acids is 1. The molecule has 0 atom stereocenters. The molecule has 0 aliphatic rings. The van der Waals surface area contributed by atoms with E-state index in [4.69, 9.17) is 4.42 Å². The van der Waals surface area contributed by atoms with Crippen LogP contribution in [0.15, 0.2) is 46.9 Å². The zero-order chi connectivity index (χ0) is 16.0. The Morgan fingerprint density at radius 3 is 2.87 bits per heavy atom. The van der Waals surface area contributed by atoms with Gasteiger partial charge in [-0.25, -0.2) is 4.98 Å². The Morgan fingerprint density at radius 1 is 1.13 bits per heavy atom. The molecular formula is C18H14N2O2S. The van der Waals surface area contributed by atoms with Gasteiger partial charge in [-0.15, -0.1) is 11.3 Å². The Balaban J connectivity index is 1.64. The number of thiazole rings is 1. The van der Waals surface area contributed by atoms with Gasteiger partial charge in [-0.05, 0) is 49.7 Å². The normalized spacial score (nSPS) is 11.2. The van der Waals surface area contributed by atoms with Gasteiger partial charge in [0, 0.05) is 11.1 Å². The summed E-state index contributed by atoms with van der Waals surface area (Å²) in [6.45, 7) is 3.97. The van der Waals surface area contributed by atoms with Crippen LogP contribution in [0.3, 0.4) is 0 Å². The van der Waals surface area contributed by atoms with Crippen molar-refractivity contribution in [2.24, 2.45) is 0 Å². The summed E-state index contributed by atoms with van der Waals surface area (Å²) in [5.74, 6) is 0.0608. The summed E-state index contributed by atoms with van der Waals surface area (Å²) in [5, 5.41) is 4.82. The molecule has 2 aromatic heterocycles. The topological polar surface area (TPSA) is 55.1 Å². The van der Waals surface area contributed by atoms with Gasteiger partial charge in [-0.1, -0.05) is 12.1 Å². The summed E-state index contributed by atoms with van der Waals surface area (Å²) in [7, 11) is 0. The molecule has 1 amide bonds. The maximum Gasteiger partial charge on any atom is 0.291 e. The molecular weight excluding hydrogens is 308 g/mol. The summed E-state index contributed by atoms with van der Waals surface area (Å²) in [5.41, 5.74) is 3.51. The lowest BCUT2D eigenvalue weighted by Gasteiger charge is -2.02. The van der Waals surface area contributed by atoms with Crippen molar-refractivity contribution in [1.29, 1.82) is 0 Å². The van der Waals surface area contributed by atoms with E-state index in [1.165, 1.54) is 0 Å². The van der Waals surface area contributed by atoms with Crippen LogP contribution in [0.4, 0.5) is 5.69 Å². The van der Waals surface area contributed by atoms with Crippen molar-refractivity contribution < 1.29 is 9.21 Å². The van der Waals surface area contributed by atoms with Crippen LogP contribution < -0.4 is 5.32 Å². The van der Waals surface area contributed by atoms with Gasteiger partial charge in [-0.2, -0.15) is 0 Å². The fraction of sp³-hybridized carbons (Fsp3) is 0.111. The maximum absolute atomic E-state index is 12.4. The number of hydrogen-bond donors (Lipinski definition) is 1. The fourth-order valence-electron chi connectivity index (χ4n) is 2.56. The number of nitrogens with zero attached hydrogens (tertiary/aromatic N) is 1. The van der Waals surface area contributed by atoms with Crippen molar-refractivity contribution in [2.75, 3.05) is 5.32 Å². The number of nitrogens with one attached hydrogen (secondary N) is 1. The van der Waals surface area contributed by atoms with E-state index < -0.39 is 0 Å². The van der Waals surface area contributed by atoms with E-state index in [1.807, 2.05) is 50.2 Å². The second-order valence-corrected chi connectivity index (χ2v) is 6.76. The minimum Gasteiger partial charge on any atom is -0.451 e. The zero-order valence-corrected chi connectivity index (χ0v) is 13.5. The molecule has 4 nitrogen and oxygen atoms in total. The van der Waals surface area contributed by atoms with Crippen LogP contribution in [-0.2, 0) is 0 Å². The van der Waals surface area contributed by atoms with Gasteiger partial charge in [0.15, 0.2) is 5.76 Å². The summed E-state index contributed by atoms with van der Waals surface area (Å²) in [4.78, 5) is 16.8. The highest BCUT2D eigenvalue weighted by Gasteiger charge is 2.13. The molecule has 23 heavy (non-hydrogen) atoms. The number of aromatic nitrogens is 1. The Morgan fingerprint density at radius 2 is 2.00 bits per heavy atom. The van der Waals surface area contributed by atoms with Gasteiger partial charge in [-0.3, -0.25) is 4.79 Å². The third-order valence-electron chi connectivity index (χ3n) is 3.65. The second kappa shape index (κ2) is 5.21. The van der Waals surface area contributed by atoms with Gasteiger partial charge in [0.2, 0.25) is 0 Å². The van der Waals surface area contributed by atoms with Crippen molar-refractivity contribution in [3.8, 4) is 0 Å². The monoisotopic (exact) mass is 322 g/mol. The standard InChI is InChI=1S/C18H14N2O2S/c1-10-3-4-12-8-16(22-15(12)7-10)18(21)20-13-5-6-14-17(9-13)23-11(2)19-14/h3-9H,1-2H3,(H,20,21). The molecule has 5 heteroatoms. The molecule has 114 valence electrons. The first-order chi connectivity index (χ1) is 11.1. The quantitative estimate of drug-likeness (QED) is 0.570. The van der Waals surface area contributed by atoms with Gasteiger partial charge in [0.1, 0.15) is 5.58 Å². The molecule has 4 aromatic rings. The molecule has 0 unspecified atom stereocenters. The Kier molecular flexibility index (Phi) is 3.16. The van der Waals surface area contributed by atoms with Crippen molar-refractivity contribution >= 4 is 44.1 Å². The first kappa shape index (κ1) is 14.0. The number of amides is 1. The van der Waals surface area contributed by atoms with Gasteiger partial charge in [0.05, 0.1) is 15.2 Å². The molecule has 0 radical (unpaired) electrons. The smallest absolute Gasteiger partial charge is 0.291 e. The number of fused-ring (bicyclic) bond motifs is 2. The molecule has 0 aliphatic heterocycles. The first-order valence-electron chi connectivity index (χ1n) is 7.27. The molecule has 0 spiro atoms. The molecule has 0 fully saturated rings. The summed E-state index contributed by atoms with van der Waals surface area (Å²) >= 11 is 1.61. The molecule has 4 rings (SSSR count). The van der Waals surface area contributed by atoms with Gasteiger partial charge >= 0.3 is 0 Å². The van der Waals surface area contributed by atoms with Crippen LogP contribution in [0.5, 0.6) is 0 Å². The molecule has 0 saturated carbocycles. The molecule has 2 aromatic carbocycles. The molecule has 0 aliphatic carbocycles. The highest BCUT2D eigenvalue weighted by molar-refractivity contribution is 7.18. The molecule has 0 bridgehead atoms. The highest BCUT2D eigenvalue weighted by Crippen LogP contribution is 2.26. The number of aryl methyl sites for hydroxylation is 2. The number of anilines is 1. The van der Waals surface area contributed by atoms with E-state index in [2.05, 4.69) is 10.3 Å². The predicted octanol–water partition coefficient (Wildman–Crippen LogP) is 4.91. The second-order valence-electron chi connectivity index (χ2n) is 5.52. The third kappa shape index (κ3) is 2.59. The van der Waals surface area contributed by atoms with E-state index in [-0.39, 0.29) is 5.91 Å². The number of furan rings is 1. The summed E-state index contributed by atoms with van der Waals surface area (Å²) in [6, 6.07) is 13.3. The zero-order valence-electron chi connectivity index (χ0n) is 12.7. The largest absolute Gasteiger partial charge is 0.451 e. The van der Waals surface area contributed by atoms with E-state index in [0.29, 0.717) is 5.76 Å². The van der Waals surface area contributed by atoms with E-state index in [9.17, 15) is 4.79 Å². The van der Waals surface area contributed by atoms with Crippen LogP contribution in [0.25, 0.3) is 21.2 Å². The van der Waals surface area contributed by atoms with Crippen molar-refractivity contribution in [3.05, 3.63) is 58.8 Å². The van der Waals surface area contributed by atoms with Crippen LogP contribution in [0, 0.1) is 13.8 Å². The number of hydrogen-bond acceptors (Lipinski definition) is 4. The fourth-order valence-corrected chi connectivity index (χ4v) is 3.43. The van der Waals surface area contributed by atoms with Crippen molar-refractivity contribution in [3.63, 3.8) is 0 Å². The Labute approximate surface area is 136 Å². The minimum atomic E-state index is -0.251. The average Bonchev–Trinajstić information content (AvgIpc) is 3.08. The first-order valence-corrected chi connectivity index (χ1v) is 8.09. The van der Waals surface area contributed by atoms with E-state index >= 15 is 0 Å². The molecule has 0 saturated heterocycles. The van der Waals surface area contributed by atoms with Crippen molar-refractivity contribution in [2.45, 2.75) is 13.8 Å². The van der Waals surface area contributed by atoms with Crippen molar-refractivity contribution in [1.82, 2.24) is 4.98 Å². The predicted molar refractivity (Wildman–Crippen MR) is 93.3 cm³/mol. The minimum absolute atomic E-state index is 0.251. The van der Waals surface area contributed by atoms with E-state index in [1.54, 1.807) is 17.4 Å². The van der Waals surface area contributed by atoms with Gasteiger partial charge in [0.25, 0.3) is 5.91 Å². The Bertz CT molecular complexity index is 1050. The third-order valence-corrected chi connectivity index (χ3v) is 4.59. The molecule has 2 heterocycles. The number of benzene rings is 2. The number of rotatable bonds is 2. The lowest BCUT2D eigenvalue weighted by molar-refractivity contribution is 0.0998. The lowest BCUT2D eigenvalue weighted by Crippen LogP contribution is -2.10. The SMILES string of the molecule is Cc1ccc2cc(C(=O)Nc3ccc4nc(C)sc4c3)oc2c1.